The third-order valence-corrected chi connectivity index (χ3v) is 3.76. The van der Waals surface area contributed by atoms with Crippen LogP contribution in [-0.2, 0) is 13.0 Å². The maximum Gasteiger partial charge on any atom is 0.165 e. The van der Waals surface area contributed by atoms with E-state index in [2.05, 4.69) is 4.98 Å². The molecule has 1 aromatic heterocycles. The number of halogens is 1. The molecule has 2 rings (SSSR count). The third kappa shape index (κ3) is 3.52. The van der Waals surface area contributed by atoms with E-state index in [1.165, 1.54) is 12.1 Å². The summed E-state index contributed by atoms with van der Waals surface area (Å²) in [6.45, 7) is 3.89. The molecule has 0 bridgehead atoms. The van der Waals surface area contributed by atoms with Gasteiger partial charge in [-0.3, -0.25) is 0 Å². The molecule has 3 nitrogen and oxygen atoms in total. The molecule has 1 atom stereocenters. The molecule has 0 spiro atoms. The first-order chi connectivity index (χ1) is 9.10. The summed E-state index contributed by atoms with van der Waals surface area (Å²) in [6.07, 6.45) is 0.205. The van der Waals surface area contributed by atoms with Gasteiger partial charge in [0.25, 0.3) is 0 Å². The van der Waals surface area contributed by atoms with E-state index in [9.17, 15) is 9.50 Å². The van der Waals surface area contributed by atoms with Crippen molar-refractivity contribution in [3.63, 3.8) is 0 Å². The van der Waals surface area contributed by atoms with Crippen LogP contribution >= 0.6 is 11.3 Å². The van der Waals surface area contributed by atoms with Crippen LogP contribution < -0.4 is 4.74 Å². The summed E-state index contributed by atoms with van der Waals surface area (Å²) in [7, 11) is 0. The van der Waals surface area contributed by atoms with Crippen molar-refractivity contribution < 1.29 is 14.2 Å². The number of thiazole rings is 1. The van der Waals surface area contributed by atoms with Gasteiger partial charge in [-0.15, -0.1) is 11.3 Å². The van der Waals surface area contributed by atoms with Crippen molar-refractivity contribution in [1.29, 1.82) is 0 Å². The van der Waals surface area contributed by atoms with Crippen molar-refractivity contribution in [3.8, 4) is 5.75 Å². The molecule has 0 saturated heterocycles. The van der Waals surface area contributed by atoms with E-state index in [1.807, 2.05) is 12.3 Å². The largest absolute Gasteiger partial charge is 0.484 e. The summed E-state index contributed by atoms with van der Waals surface area (Å²) in [4.78, 5) is 4.35. The Morgan fingerprint density at radius 3 is 2.84 bits per heavy atom. The lowest BCUT2D eigenvalue weighted by molar-refractivity contribution is 0.198. The number of aliphatic hydroxyl groups excluding tert-OH is 1. The van der Waals surface area contributed by atoms with E-state index in [-0.39, 0.29) is 12.4 Å². The first-order valence-corrected chi connectivity index (χ1v) is 7.01. The monoisotopic (exact) mass is 281 g/mol. The number of hydrogen-bond donors (Lipinski definition) is 1. The number of hydrogen-bond acceptors (Lipinski definition) is 4. The van der Waals surface area contributed by atoms with Gasteiger partial charge in [0.15, 0.2) is 11.6 Å². The summed E-state index contributed by atoms with van der Waals surface area (Å²) in [5.41, 5.74) is 1.34. The molecule has 0 fully saturated rings. The predicted octanol–water partition coefficient (Wildman–Crippen LogP) is 3.48. The van der Waals surface area contributed by atoms with Crippen molar-refractivity contribution >= 4 is 11.3 Å². The molecule has 2 aromatic rings. The van der Waals surface area contributed by atoms with Gasteiger partial charge in [0, 0.05) is 5.38 Å². The van der Waals surface area contributed by atoms with Crippen LogP contribution in [0.3, 0.4) is 0 Å². The van der Waals surface area contributed by atoms with Gasteiger partial charge >= 0.3 is 0 Å². The number of aliphatic hydroxyl groups is 1. The molecule has 0 amide bonds. The minimum atomic E-state index is -0.686. The zero-order chi connectivity index (χ0) is 13.8. The predicted molar refractivity (Wildman–Crippen MR) is 72.9 cm³/mol. The third-order valence-electron chi connectivity index (χ3n) is 2.72. The Kier molecular flexibility index (Phi) is 4.50. The highest BCUT2D eigenvalue weighted by molar-refractivity contribution is 7.09. The lowest BCUT2D eigenvalue weighted by Gasteiger charge is -2.09. The van der Waals surface area contributed by atoms with Crippen LogP contribution in [0, 0.1) is 5.82 Å². The molecule has 19 heavy (non-hydrogen) atoms. The van der Waals surface area contributed by atoms with Crippen molar-refractivity contribution in [1.82, 2.24) is 4.98 Å². The van der Waals surface area contributed by atoms with Gasteiger partial charge in [0.1, 0.15) is 6.61 Å². The van der Waals surface area contributed by atoms with E-state index < -0.39 is 11.9 Å². The molecule has 1 unspecified atom stereocenters. The van der Waals surface area contributed by atoms with Crippen molar-refractivity contribution in [2.24, 2.45) is 0 Å². The molecule has 0 aliphatic heterocycles. The normalized spacial score (nSPS) is 12.4. The lowest BCUT2D eigenvalue weighted by atomic mass is 10.1. The fourth-order valence-corrected chi connectivity index (χ4v) is 2.35. The minimum absolute atomic E-state index is 0.176. The molecule has 0 radical (unpaired) electrons. The molecule has 1 aromatic carbocycles. The highest BCUT2D eigenvalue weighted by Gasteiger charge is 2.09. The van der Waals surface area contributed by atoms with Gasteiger partial charge in [-0.1, -0.05) is 13.0 Å². The molecule has 0 aliphatic rings. The highest BCUT2D eigenvalue weighted by Crippen LogP contribution is 2.23. The molecule has 102 valence electrons. The summed E-state index contributed by atoms with van der Waals surface area (Å²) in [5, 5.41) is 12.3. The zero-order valence-corrected chi connectivity index (χ0v) is 11.7. The Hall–Kier alpha value is -1.46. The smallest absolute Gasteiger partial charge is 0.165 e. The Balaban J connectivity index is 2.03. The Morgan fingerprint density at radius 1 is 1.47 bits per heavy atom. The molecule has 0 aliphatic carbocycles. The molecular formula is C14H16FNO2S. The first-order valence-electron chi connectivity index (χ1n) is 6.13. The molecular weight excluding hydrogens is 265 g/mol. The Bertz CT molecular complexity index is 554. The Labute approximate surface area is 115 Å². The van der Waals surface area contributed by atoms with E-state index in [1.54, 1.807) is 24.3 Å². The first kappa shape index (κ1) is 14.0. The van der Waals surface area contributed by atoms with Crippen LogP contribution in [0.15, 0.2) is 23.6 Å². The minimum Gasteiger partial charge on any atom is -0.484 e. The quantitative estimate of drug-likeness (QED) is 0.912. The molecule has 1 N–H and O–H groups in total. The summed E-state index contributed by atoms with van der Waals surface area (Å²) < 4.78 is 19.1. The van der Waals surface area contributed by atoms with Crippen LogP contribution in [-0.4, -0.2) is 10.1 Å². The maximum atomic E-state index is 13.7. The van der Waals surface area contributed by atoms with Gasteiger partial charge in [0.05, 0.1) is 16.8 Å². The number of ether oxygens (including phenoxy) is 1. The summed E-state index contributed by atoms with van der Waals surface area (Å²) in [6, 6.07) is 4.48. The number of rotatable bonds is 5. The highest BCUT2D eigenvalue weighted by atomic mass is 32.1. The van der Waals surface area contributed by atoms with Crippen LogP contribution in [0.2, 0.25) is 0 Å². The van der Waals surface area contributed by atoms with Gasteiger partial charge in [-0.05, 0) is 31.0 Å². The number of aromatic nitrogens is 1. The second kappa shape index (κ2) is 6.12. The van der Waals surface area contributed by atoms with Crippen LogP contribution in [0.25, 0.3) is 0 Å². The second-order valence-electron chi connectivity index (χ2n) is 4.24. The van der Waals surface area contributed by atoms with E-state index in [0.29, 0.717) is 5.56 Å². The number of aryl methyl sites for hydroxylation is 1. The van der Waals surface area contributed by atoms with Crippen molar-refractivity contribution in [3.05, 3.63) is 45.7 Å². The van der Waals surface area contributed by atoms with Gasteiger partial charge in [0.2, 0.25) is 0 Å². The standard InChI is InChI=1S/C14H16FNO2S/c1-3-14-16-11(8-19-14)7-18-13-5-4-10(9(2)17)6-12(13)15/h4-6,8-9,17H,3,7H2,1-2H3. The SMILES string of the molecule is CCc1nc(COc2ccc(C(C)O)cc2F)cs1. The zero-order valence-electron chi connectivity index (χ0n) is 10.9. The average molecular weight is 281 g/mol. The fourth-order valence-electron chi connectivity index (χ4n) is 1.62. The number of nitrogens with zero attached hydrogens (tertiary/aromatic N) is 1. The lowest BCUT2D eigenvalue weighted by Crippen LogP contribution is -1.99. The van der Waals surface area contributed by atoms with E-state index in [4.69, 9.17) is 4.74 Å². The van der Waals surface area contributed by atoms with Gasteiger partial charge in [-0.2, -0.15) is 0 Å². The molecule has 5 heteroatoms. The molecule has 1 heterocycles. The summed E-state index contributed by atoms with van der Waals surface area (Å²) >= 11 is 1.58. The second-order valence-corrected chi connectivity index (χ2v) is 5.18. The van der Waals surface area contributed by atoms with Crippen LogP contribution in [0.4, 0.5) is 4.39 Å². The average Bonchev–Trinajstić information content (AvgIpc) is 2.85. The number of benzene rings is 1. The van der Waals surface area contributed by atoms with Crippen molar-refractivity contribution in [2.45, 2.75) is 33.0 Å². The topological polar surface area (TPSA) is 42.4 Å². The van der Waals surface area contributed by atoms with Gasteiger partial charge in [-0.25, -0.2) is 9.37 Å². The van der Waals surface area contributed by atoms with E-state index >= 15 is 0 Å². The Morgan fingerprint density at radius 2 is 2.26 bits per heavy atom. The maximum absolute atomic E-state index is 13.7. The van der Waals surface area contributed by atoms with Crippen molar-refractivity contribution in [2.75, 3.05) is 0 Å². The van der Waals surface area contributed by atoms with Crippen LogP contribution in [0.5, 0.6) is 5.75 Å². The van der Waals surface area contributed by atoms with Crippen LogP contribution in [0.1, 0.15) is 36.2 Å². The summed E-state index contributed by atoms with van der Waals surface area (Å²) in [5.74, 6) is -0.292. The van der Waals surface area contributed by atoms with E-state index in [0.717, 1.165) is 17.1 Å². The fraction of sp³-hybridized carbons (Fsp3) is 0.357. The van der Waals surface area contributed by atoms with Gasteiger partial charge < -0.3 is 9.84 Å². The molecule has 0 saturated carbocycles.